The summed E-state index contributed by atoms with van der Waals surface area (Å²) in [6.45, 7) is 3.36. The molecule has 0 aliphatic rings. The lowest BCUT2D eigenvalue weighted by molar-refractivity contribution is -0.119. The Bertz CT molecular complexity index is 1070. The number of carbonyl (C=O) groups excluding carboxylic acids is 1. The third kappa shape index (κ3) is 7.07. The van der Waals surface area contributed by atoms with Crippen LogP contribution >= 0.6 is 15.9 Å². The summed E-state index contributed by atoms with van der Waals surface area (Å²) in [5.41, 5.74) is 3.02. The van der Waals surface area contributed by atoms with E-state index in [1.807, 2.05) is 0 Å². The number of halogens is 2. The Kier molecular flexibility index (Phi) is 8.57. The van der Waals surface area contributed by atoms with Crippen molar-refractivity contribution in [1.29, 1.82) is 0 Å². The maximum atomic E-state index is 13.1. The van der Waals surface area contributed by atoms with Crippen LogP contribution in [0.15, 0.2) is 58.6 Å². The van der Waals surface area contributed by atoms with E-state index in [1.54, 1.807) is 18.2 Å². The molecular weight excluding hydrogens is 493 g/mol. The average molecular weight is 514 g/mol. The summed E-state index contributed by atoms with van der Waals surface area (Å²) in [5, 5.41) is 3.85. The summed E-state index contributed by atoms with van der Waals surface area (Å²) in [6, 6.07) is 8.12. The van der Waals surface area contributed by atoms with Crippen molar-refractivity contribution in [2.45, 2.75) is 0 Å². The van der Waals surface area contributed by atoms with E-state index in [1.165, 1.54) is 25.5 Å². The van der Waals surface area contributed by atoms with Gasteiger partial charge in [0.15, 0.2) is 11.5 Å². The highest BCUT2D eigenvalue weighted by Gasteiger charge is 2.20. The number of benzene rings is 2. The van der Waals surface area contributed by atoms with E-state index < -0.39 is 28.3 Å². The molecule has 0 heterocycles. The molecule has 2 aromatic carbocycles. The van der Waals surface area contributed by atoms with E-state index in [9.17, 15) is 17.6 Å². The number of amides is 1. The lowest BCUT2D eigenvalue weighted by Crippen LogP contribution is -2.39. The van der Waals surface area contributed by atoms with E-state index in [0.717, 1.165) is 22.7 Å². The number of nitrogens with one attached hydrogen (secondary N) is 1. The average Bonchev–Trinajstić information content (AvgIpc) is 2.71. The molecule has 0 radical (unpaired) electrons. The fourth-order valence-corrected chi connectivity index (χ4v) is 3.88. The Morgan fingerprint density at radius 1 is 1.32 bits per heavy atom. The highest BCUT2D eigenvalue weighted by molar-refractivity contribution is 9.10. The van der Waals surface area contributed by atoms with Crippen molar-refractivity contribution in [2.75, 3.05) is 30.8 Å². The number of methoxy groups -OCH3 is 1. The van der Waals surface area contributed by atoms with Crippen LogP contribution in [0.5, 0.6) is 11.5 Å². The van der Waals surface area contributed by atoms with E-state index >= 15 is 0 Å². The van der Waals surface area contributed by atoms with Crippen LogP contribution in [0.3, 0.4) is 0 Å². The first-order valence-electron chi connectivity index (χ1n) is 8.82. The quantitative estimate of drug-likeness (QED) is 0.299. The number of hydrogen-bond donors (Lipinski definition) is 1. The summed E-state index contributed by atoms with van der Waals surface area (Å²) in [4.78, 5) is 12.2. The molecule has 1 N–H and O–H groups in total. The van der Waals surface area contributed by atoms with Crippen LogP contribution in [-0.4, -0.2) is 47.1 Å². The van der Waals surface area contributed by atoms with Gasteiger partial charge in [-0.25, -0.2) is 18.2 Å². The van der Waals surface area contributed by atoms with Gasteiger partial charge in [-0.3, -0.25) is 9.10 Å². The predicted octanol–water partition coefficient (Wildman–Crippen LogP) is 3.08. The van der Waals surface area contributed by atoms with Crippen LogP contribution in [0.2, 0.25) is 0 Å². The minimum Gasteiger partial charge on any atom is -0.493 e. The van der Waals surface area contributed by atoms with E-state index in [2.05, 4.69) is 33.0 Å². The van der Waals surface area contributed by atoms with E-state index in [-0.39, 0.29) is 5.69 Å². The summed E-state index contributed by atoms with van der Waals surface area (Å²) >= 11 is 3.39. The Balaban J connectivity index is 2.11. The monoisotopic (exact) mass is 513 g/mol. The number of sulfonamides is 1. The highest BCUT2D eigenvalue weighted by Crippen LogP contribution is 2.36. The molecular formula is C20H21BrFN3O5S. The second-order valence-corrected chi connectivity index (χ2v) is 8.93. The Morgan fingerprint density at radius 2 is 2.00 bits per heavy atom. The van der Waals surface area contributed by atoms with Gasteiger partial charge >= 0.3 is 0 Å². The topological polar surface area (TPSA) is 97.3 Å². The third-order valence-corrected chi connectivity index (χ3v) is 5.53. The number of nitrogens with zero attached hydrogens (tertiary/aromatic N) is 2. The summed E-state index contributed by atoms with van der Waals surface area (Å²) in [7, 11) is -2.29. The molecule has 0 atom stereocenters. The molecule has 0 aliphatic heterocycles. The van der Waals surface area contributed by atoms with Crippen molar-refractivity contribution in [3.05, 3.63) is 64.9 Å². The van der Waals surface area contributed by atoms with Gasteiger partial charge < -0.3 is 9.47 Å². The SMILES string of the molecule is C=CCOc1c(Br)cc(/C=N\NC(=O)CN(c2ccc(F)cc2)S(C)(=O)=O)cc1OC. The van der Waals surface area contributed by atoms with Crippen LogP contribution in [0, 0.1) is 5.82 Å². The number of carbonyl (C=O) groups is 1. The first-order valence-corrected chi connectivity index (χ1v) is 11.5. The first kappa shape index (κ1) is 24.4. The number of rotatable bonds is 10. The van der Waals surface area contributed by atoms with Gasteiger partial charge in [-0.1, -0.05) is 12.7 Å². The fourth-order valence-electron chi connectivity index (χ4n) is 2.45. The molecule has 2 rings (SSSR count). The Labute approximate surface area is 188 Å². The maximum absolute atomic E-state index is 13.1. The standard InChI is InChI=1S/C20H21BrFN3O5S/c1-4-9-30-20-17(21)10-14(11-18(20)29-2)12-23-24-19(26)13-25(31(3,27)28)16-7-5-15(22)6-8-16/h4-8,10-12H,1,9,13H2,2-3H3,(H,24,26)/b23-12-. The van der Waals surface area contributed by atoms with Crippen molar-refractivity contribution >= 4 is 43.8 Å². The van der Waals surface area contributed by atoms with Crippen molar-refractivity contribution in [3.63, 3.8) is 0 Å². The maximum Gasteiger partial charge on any atom is 0.260 e. The molecule has 0 spiro atoms. The van der Waals surface area contributed by atoms with Crippen molar-refractivity contribution in [1.82, 2.24) is 5.43 Å². The zero-order chi connectivity index (χ0) is 23.0. The smallest absolute Gasteiger partial charge is 0.260 e. The molecule has 11 heteroatoms. The summed E-state index contributed by atoms with van der Waals surface area (Å²) < 4.78 is 49.5. The fraction of sp³-hybridized carbons (Fsp3) is 0.200. The molecule has 2 aromatic rings. The molecule has 0 aliphatic carbocycles. The molecule has 0 bridgehead atoms. The van der Waals surface area contributed by atoms with Gasteiger partial charge in [0.25, 0.3) is 5.91 Å². The number of anilines is 1. The summed E-state index contributed by atoms with van der Waals surface area (Å²) in [6.07, 6.45) is 3.92. The van der Waals surface area contributed by atoms with Crippen LogP contribution in [-0.2, 0) is 14.8 Å². The Morgan fingerprint density at radius 3 is 2.58 bits per heavy atom. The third-order valence-electron chi connectivity index (χ3n) is 3.80. The van der Waals surface area contributed by atoms with Gasteiger partial charge in [-0.2, -0.15) is 5.10 Å². The first-order chi connectivity index (χ1) is 14.7. The highest BCUT2D eigenvalue weighted by atomic mass is 79.9. The largest absolute Gasteiger partial charge is 0.493 e. The predicted molar refractivity (Wildman–Crippen MR) is 121 cm³/mol. The normalized spacial score (nSPS) is 11.2. The van der Waals surface area contributed by atoms with Gasteiger partial charge in [0, 0.05) is 0 Å². The summed E-state index contributed by atoms with van der Waals surface area (Å²) in [5.74, 6) is -0.257. The van der Waals surface area contributed by atoms with Crippen LogP contribution < -0.4 is 19.2 Å². The van der Waals surface area contributed by atoms with Crippen LogP contribution in [0.4, 0.5) is 10.1 Å². The molecule has 166 valence electrons. The Hall–Kier alpha value is -2.92. The second-order valence-electron chi connectivity index (χ2n) is 6.17. The van der Waals surface area contributed by atoms with Crippen LogP contribution in [0.25, 0.3) is 0 Å². The molecule has 31 heavy (non-hydrogen) atoms. The molecule has 0 unspecified atom stereocenters. The molecule has 0 aromatic heterocycles. The van der Waals surface area contributed by atoms with Crippen LogP contribution in [0.1, 0.15) is 5.56 Å². The minimum atomic E-state index is -3.78. The molecule has 1 amide bonds. The zero-order valence-corrected chi connectivity index (χ0v) is 19.2. The molecule has 8 nitrogen and oxygen atoms in total. The van der Waals surface area contributed by atoms with Gasteiger partial charge in [0.2, 0.25) is 10.0 Å². The number of hydrogen-bond acceptors (Lipinski definition) is 6. The minimum absolute atomic E-state index is 0.159. The van der Waals surface area contributed by atoms with Gasteiger partial charge in [-0.05, 0) is 57.9 Å². The second kappa shape index (κ2) is 10.9. The van der Waals surface area contributed by atoms with Gasteiger partial charge in [-0.15, -0.1) is 0 Å². The van der Waals surface area contributed by atoms with Crippen molar-refractivity contribution in [3.8, 4) is 11.5 Å². The molecule has 0 fully saturated rings. The number of hydrazone groups is 1. The van der Waals surface area contributed by atoms with Gasteiger partial charge in [0.1, 0.15) is 19.0 Å². The van der Waals surface area contributed by atoms with Gasteiger partial charge in [0.05, 0.1) is 29.7 Å². The molecule has 0 saturated heterocycles. The van der Waals surface area contributed by atoms with Crippen molar-refractivity contribution < 1.29 is 27.1 Å². The zero-order valence-electron chi connectivity index (χ0n) is 16.8. The van der Waals surface area contributed by atoms with E-state index in [4.69, 9.17) is 9.47 Å². The van der Waals surface area contributed by atoms with E-state index in [0.29, 0.717) is 28.1 Å². The van der Waals surface area contributed by atoms with Crippen molar-refractivity contribution in [2.24, 2.45) is 5.10 Å². The number of ether oxygens (including phenoxy) is 2. The molecule has 0 saturated carbocycles. The lowest BCUT2D eigenvalue weighted by atomic mass is 10.2. The lowest BCUT2D eigenvalue weighted by Gasteiger charge is -2.21.